The van der Waals surface area contributed by atoms with E-state index < -0.39 is 0 Å². The van der Waals surface area contributed by atoms with E-state index in [4.69, 9.17) is 0 Å². The number of anilines is 2. The second-order valence-electron chi connectivity index (χ2n) is 6.24. The van der Waals surface area contributed by atoms with Crippen LogP contribution in [-0.4, -0.2) is 12.6 Å². The molecule has 0 aliphatic heterocycles. The zero-order chi connectivity index (χ0) is 17.9. The van der Waals surface area contributed by atoms with Gasteiger partial charge in [-0.05, 0) is 36.6 Å². The van der Waals surface area contributed by atoms with E-state index in [9.17, 15) is 4.79 Å². The van der Waals surface area contributed by atoms with Crippen molar-refractivity contribution in [3.8, 4) is 0 Å². The highest BCUT2D eigenvalue weighted by Crippen LogP contribution is 2.22. The van der Waals surface area contributed by atoms with Gasteiger partial charge in [-0.25, -0.2) is 10.2 Å². The van der Waals surface area contributed by atoms with Crippen molar-refractivity contribution in [2.75, 3.05) is 11.6 Å². The van der Waals surface area contributed by atoms with Gasteiger partial charge in [-0.3, -0.25) is 5.01 Å². The van der Waals surface area contributed by atoms with Crippen molar-refractivity contribution >= 4 is 17.4 Å². The second kappa shape index (κ2) is 10.4. The summed E-state index contributed by atoms with van der Waals surface area (Å²) in [6, 6.07) is 19.5. The average molecular weight is 339 g/mol. The molecule has 0 spiro atoms. The molecule has 0 fully saturated rings. The molecule has 2 rings (SSSR count). The first-order valence-corrected chi connectivity index (χ1v) is 9.19. The molecule has 0 aliphatic carbocycles. The monoisotopic (exact) mass is 339 g/mol. The highest BCUT2D eigenvalue weighted by Gasteiger charge is 2.13. The minimum Gasteiger partial charge on any atom is -0.336 e. The summed E-state index contributed by atoms with van der Waals surface area (Å²) in [5.41, 5.74) is 4.81. The maximum atomic E-state index is 12.4. The number of hydrogen-bond donors (Lipinski definition) is 2. The number of carbonyl (C=O) groups is 1. The summed E-state index contributed by atoms with van der Waals surface area (Å²) in [7, 11) is 0. The summed E-state index contributed by atoms with van der Waals surface area (Å²) >= 11 is 0. The van der Waals surface area contributed by atoms with Crippen LogP contribution in [0.3, 0.4) is 0 Å². The molecule has 4 heteroatoms. The summed E-state index contributed by atoms with van der Waals surface area (Å²) in [5.74, 6) is 0.535. The van der Waals surface area contributed by atoms with E-state index >= 15 is 0 Å². The standard InChI is InChI=1S/C21H29N3O/c1-3-5-12-18(4-2)17-22-21(25)23-24(19-13-8-6-9-14-19)20-15-10-7-11-16-20/h6-11,13-16,18H,3-5,12,17H2,1-2H3,(H2,22,23,25). The molecule has 0 heterocycles. The Morgan fingerprint density at radius 2 is 1.52 bits per heavy atom. The number of hydrazine groups is 1. The summed E-state index contributed by atoms with van der Waals surface area (Å²) in [6.07, 6.45) is 4.65. The van der Waals surface area contributed by atoms with E-state index in [1.54, 1.807) is 0 Å². The van der Waals surface area contributed by atoms with Crippen LogP contribution in [-0.2, 0) is 0 Å². The molecule has 1 atom stereocenters. The molecule has 2 amide bonds. The number of rotatable bonds is 9. The highest BCUT2D eigenvalue weighted by molar-refractivity contribution is 5.79. The van der Waals surface area contributed by atoms with Crippen LogP contribution in [0.1, 0.15) is 39.5 Å². The predicted molar refractivity (Wildman–Crippen MR) is 105 cm³/mol. The molecule has 1 unspecified atom stereocenters. The molecule has 25 heavy (non-hydrogen) atoms. The molecule has 0 radical (unpaired) electrons. The fourth-order valence-electron chi connectivity index (χ4n) is 2.75. The summed E-state index contributed by atoms with van der Waals surface area (Å²) in [4.78, 5) is 12.4. The lowest BCUT2D eigenvalue weighted by atomic mass is 9.99. The van der Waals surface area contributed by atoms with Gasteiger partial charge < -0.3 is 5.32 Å². The van der Waals surface area contributed by atoms with Gasteiger partial charge in [0.1, 0.15) is 0 Å². The van der Waals surface area contributed by atoms with Gasteiger partial charge in [0.2, 0.25) is 0 Å². The van der Waals surface area contributed by atoms with Crippen molar-refractivity contribution in [3.63, 3.8) is 0 Å². The van der Waals surface area contributed by atoms with E-state index in [2.05, 4.69) is 24.6 Å². The lowest BCUT2D eigenvalue weighted by Crippen LogP contribution is -2.46. The van der Waals surface area contributed by atoms with Crippen LogP contribution in [0.25, 0.3) is 0 Å². The number of nitrogens with one attached hydrogen (secondary N) is 2. The quantitative estimate of drug-likeness (QED) is 0.612. The largest absolute Gasteiger partial charge is 0.336 e. The summed E-state index contributed by atoms with van der Waals surface area (Å²) in [6.45, 7) is 5.09. The van der Waals surface area contributed by atoms with Crippen LogP contribution in [0.15, 0.2) is 60.7 Å². The third-order valence-electron chi connectivity index (χ3n) is 4.34. The van der Waals surface area contributed by atoms with Crippen LogP contribution >= 0.6 is 0 Å². The number of para-hydroxylation sites is 2. The molecular weight excluding hydrogens is 310 g/mol. The van der Waals surface area contributed by atoms with Crippen molar-refractivity contribution in [3.05, 3.63) is 60.7 Å². The van der Waals surface area contributed by atoms with Crippen LogP contribution in [0.2, 0.25) is 0 Å². The number of amides is 2. The molecule has 0 aliphatic rings. The summed E-state index contributed by atoms with van der Waals surface area (Å²) < 4.78 is 0. The third kappa shape index (κ3) is 6.14. The number of carbonyl (C=O) groups excluding carboxylic acids is 1. The maximum Gasteiger partial charge on any atom is 0.333 e. The van der Waals surface area contributed by atoms with Crippen molar-refractivity contribution < 1.29 is 4.79 Å². The fraction of sp³-hybridized carbons (Fsp3) is 0.381. The first kappa shape index (κ1) is 18.8. The van der Waals surface area contributed by atoms with Crippen LogP contribution in [0, 0.1) is 5.92 Å². The van der Waals surface area contributed by atoms with Crippen molar-refractivity contribution in [2.24, 2.45) is 5.92 Å². The molecule has 0 aromatic heterocycles. The molecule has 2 N–H and O–H groups in total. The van der Waals surface area contributed by atoms with E-state index in [0.717, 1.165) is 24.2 Å². The van der Waals surface area contributed by atoms with Crippen molar-refractivity contribution in [1.82, 2.24) is 10.7 Å². The minimum atomic E-state index is -0.178. The molecule has 2 aromatic rings. The zero-order valence-corrected chi connectivity index (χ0v) is 15.2. The maximum absolute atomic E-state index is 12.4. The Labute approximate surface area is 151 Å². The van der Waals surface area contributed by atoms with E-state index in [0.29, 0.717) is 12.5 Å². The van der Waals surface area contributed by atoms with E-state index in [-0.39, 0.29) is 6.03 Å². The van der Waals surface area contributed by atoms with Crippen LogP contribution in [0.4, 0.5) is 16.2 Å². The van der Waals surface area contributed by atoms with E-state index in [1.165, 1.54) is 12.8 Å². The van der Waals surface area contributed by atoms with Gasteiger partial charge in [-0.1, -0.05) is 69.5 Å². The SMILES string of the molecule is CCCCC(CC)CNC(=O)NN(c1ccccc1)c1ccccc1. The number of urea groups is 1. The molecule has 2 aromatic carbocycles. The van der Waals surface area contributed by atoms with Crippen molar-refractivity contribution in [2.45, 2.75) is 39.5 Å². The Morgan fingerprint density at radius 3 is 2.00 bits per heavy atom. The van der Waals surface area contributed by atoms with Crippen LogP contribution < -0.4 is 15.8 Å². The molecule has 0 saturated carbocycles. The Morgan fingerprint density at radius 1 is 0.960 bits per heavy atom. The van der Waals surface area contributed by atoms with Gasteiger partial charge in [-0.2, -0.15) is 0 Å². The number of nitrogens with zero attached hydrogens (tertiary/aromatic N) is 1. The van der Waals surface area contributed by atoms with Crippen LogP contribution in [0.5, 0.6) is 0 Å². The van der Waals surface area contributed by atoms with Gasteiger partial charge in [0.15, 0.2) is 0 Å². The Balaban J connectivity index is 2.01. The minimum absolute atomic E-state index is 0.178. The van der Waals surface area contributed by atoms with Gasteiger partial charge in [0, 0.05) is 6.54 Å². The summed E-state index contributed by atoms with van der Waals surface area (Å²) in [5, 5.41) is 4.83. The molecule has 0 bridgehead atoms. The lowest BCUT2D eigenvalue weighted by molar-refractivity contribution is 0.238. The highest BCUT2D eigenvalue weighted by atomic mass is 16.2. The van der Waals surface area contributed by atoms with Gasteiger partial charge in [0.25, 0.3) is 0 Å². The molecule has 134 valence electrons. The predicted octanol–water partition coefficient (Wildman–Crippen LogP) is 5.26. The lowest BCUT2D eigenvalue weighted by Gasteiger charge is -2.26. The molecule has 0 saturated heterocycles. The second-order valence-corrected chi connectivity index (χ2v) is 6.24. The Kier molecular flexibility index (Phi) is 7.83. The first-order chi connectivity index (χ1) is 12.2. The number of unbranched alkanes of at least 4 members (excludes halogenated alkanes) is 1. The zero-order valence-electron chi connectivity index (χ0n) is 15.2. The molecular formula is C21H29N3O. The van der Waals surface area contributed by atoms with Crippen molar-refractivity contribution in [1.29, 1.82) is 0 Å². The molecule has 4 nitrogen and oxygen atoms in total. The smallest absolute Gasteiger partial charge is 0.333 e. The Bertz CT molecular complexity index is 576. The fourth-order valence-corrected chi connectivity index (χ4v) is 2.75. The topological polar surface area (TPSA) is 44.4 Å². The van der Waals surface area contributed by atoms with E-state index in [1.807, 2.05) is 65.7 Å². The normalized spacial score (nSPS) is 11.6. The number of hydrogen-bond acceptors (Lipinski definition) is 2. The first-order valence-electron chi connectivity index (χ1n) is 9.19. The number of benzene rings is 2. The van der Waals surface area contributed by atoms with Gasteiger partial charge >= 0.3 is 6.03 Å². The Hall–Kier alpha value is -2.49. The van der Waals surface area contributed by atoms with Gasteiger partial charge in [0.05, 0.1) is 11.4 Å². The third-order valence-corrected chi connectivity index (χ3v) is 4.34. The van der Waals surface area contributed by atoms with Gasteiger partial charge in [-0.15, -0.1) is 0 Å². The average Bonchev–Trinajstić information content (AvgIpc) is 2.67.